The number of benzene rings is 1. The van der Waals surface area contributed by atoms with E-state index in [1.54, 1.807) is 18.3 Å². The molecule has 6 heteroatoms. The molecule has 3 aromatic rings. The lowest BCUT2D eigenvalue weighted by Gasteiger charge is -2.14. The standard InChI is InChI=1S/C23H28N4O2/c1-3-5-6-10-20-25-22(27-26-20)18(8-4-2)16-11-13-17(14-12-16)21-19(23(28)29)9-7-15-24-21/h7,9,11-15,18H,3-6,8,10H2,1-2H3,(H,28,29)(H,25,26,27). The fourth-order valence-electron chi connectivity index (χ4n) is 3.53. The molecule has 0 saturated carbocycles. The summed E-state index contributed by atoms with van der Waals surface area (Å²) in [5.74, 6) is 0.922. The van der Waals surface area contributed by atoms with Gasteiger partial charge in [0.2, 0.25) is 0 Å². The molecule has 1 aromatic carbocycles. The van der Waals surface area contributed by atoms with E-state index in [9.17, 15) is 9.90 Å². The molecule has 0 bridgehead atoms. The van der Waals surface area contributed by atoms with Gasteiger partial charge in [-0.3, -0.25) is 10.1 Å². The van der Waals surface area contributed by atoms with Crippen molar-refractivity contribution in [2.75, 3.05) is 0 Å². The highest BCUT2D eigenvalue weighted by atomic mass is 16.4. The molecule has 2 aromatic heterocycles. The summed E-state index contributed by atoms with van der Waals surface area (Å²) in [5.41, 5.74) is 2.60. The second kappa shape index (κ2) is 9.96. The van der Waals surface area contributed by atoms with Gasteiger partial charge in [0.1, 0.15) is 5.82 Å². The number of carbonyl (C=O) groups is 1. The van der Waals surface area contributed by atoms with E-state index in [-0.39, 0.29) is 11.5 Å². The molecule has 2 N–H and O–H groups in total. The van der Waals surface area contributed by atoms with Gasteiger partial charge in [0, 0.05) is 24.1 Å². The first kappa shape index (κ1) is 20.7. The molecule has 0 aliphatic heterocycles. The van der Waals surface area contributed by atoms with Gasteiger partial charge in [-0.25, -0.2) is 9.78 Å². The molecular weight excluding hydrogens is 364 g/mol. The summed E-state index contributed by atoms with van der Waals surface area (Å²) in [5, 5.41) is 17.0. The van der Waals surface area contributed by atoms with Gasteiger partial charge in [-0.2, -0.15) is 5.10 Å². The van der Waals surface area contributed by atoms with Crippen LogP contribution in [-0.2, 0) is 6.42 Å². The number of aryl methyl sites for hydroxylation is 1. The van der Waals surface area contributed by atoms with E-state index in [4.69, 9.17) is 4.98 Å². The Balaban J connectivity index is 1.83. The van der Waals surface area contributed by atoms with Crippen LogP contribution in [0.5, 0.6) is 0 Å². The number of H-pyrrole nitrogens is 1. The molecule has 3 rings (SSSR count). The maximum atomic E-state index is 11.5. The van der Waals surface area contributed by atoms with Crippen LogP contribution in [0.2, 0.25) is 0 Å². The molecule has 0 amide bonds. The minimum atomic E-state index is -0.975. The molecule has 0 aliphatic carbocycles. The fourth-order valence-corrected chi connectivity index (χ4v) is 3.53. The van der Waals surface area contributed by atoms with Crippen molar-refractivity contribution < 1.29 is 9.90 Å². The van der Waals surface area contributed by atoms with Crippen molar-refractivity contribution in [3.8, 4) is 11.3 Å². The van der Waals surface area contributed by atoms with Crippen LogP contribution in [0.1, 0.15) is 79.4 Å². The summed E-state index contributed by atoms with van der Waals surface area (Å²) < 4.78 is 0. The van der Waals surface area contributed by atoms with Gasteiger partial charge in [0.05, 0.1) is 11.3 Å². The van der Waals surface area contributed by atoms with Gasteiger partial charge in [-0.1, -0.05) is 57.4 Å². The monoisotopic (exact) mass is 392 g/mol. The highest BCUT2D eigenvalue weighted by Crippen LogP contribution is 2.29. The fraction of sp³-hybridized carbons (Fsp3) is 0.391. The molecule has 6 nitrogen and oxygen atoms in total. The largest absolute Gasteiger partial charge is 0.478 e. The van der Waals surface area contributed by atoms with Gasteiger partial charge < -0.3 is 5.11 Å². The van der Waals surface area contributed by atoms with Crippen LogP contribution in [0.4, 0.5) is 0 Å². The van der Waals surface area contributed by atoms with Gasteiger partial charge in [0.25, 0.3) is 0 Å². The average molecular weight is 393 g/mol. The van der Waals surface area contributed by atoms with Crippen LogP contribution < -0.4 is 0 Å². The Labute approximate surface area is 171 Å². The van der Waals surface area contributed by atoms with Crippen molar-refractivity contribution in [2.24, 2.45) is 0 Å². The zero-order chi connectivity index (χ0) is 20.6. The molecule has 0 aliphatic rings. The minimum Gasteiger partial charge on any atom is -0.478 e. The number of aromatic nitrogens is 4. The van der Waals surface area contributed by atoms with Crippen LogP contribution in [0, 0.1) is 0 Å². The lowest BCUT2D eigenvalue weighted by Crippen LogP contribution is -2.04. The lowest BCUT2D eigenvalue weighted by molar-refractivity contribution is 0.0697. The third-order valence-electron chi connectivity index (χ3n) is 5.08. The zero-order valence-corrected chi connectivity index (χ0v) is 17.1. The number of hydrogen-bond donors (Lipinski definition) is 2. The van der Waals surface area contributed by atoms with Gasteiger partial charge in [-0.15, -0.1) is 0 Å². The number of aromatic carboxylic acids is 1. The molecule has 2 heterocycles. The first-order chi connectivity index (χ1) is 14.1. The summed E-state index contributed by atoms with van der Waals surface area (Å²) in [6.45, 7) is 4.35. The topological polar surface area (TPSA) is 91.8 Å². The molecule has 1 atom stereocenters. The number of unbranched alkanes of at least 4 members (excludes halogenated alkanes) is 2. The van der Waals surface area contributed by atoms with Crippen molar-refractivity contribution >= 4 is 5.97 Å². The van der Waals surface area contributed by atoms with Gasteiger partial charge in [-0.05, 0) is 30.5 Å². The smallest absolute Gasteiger partial charge is 0.337 e. The summed E-state index contributed by atoms with van der Waals surface area (Å²) in [4.78, 5) is 20.5. The average Bonchev–Trinajstić information content (AvgIpc) is 3.21. The van der Waals surface area contributed by atoms with Crippen molar-refractivity contribution in [1.82, 2.24) is 20.2 Å². The molecule has 0 saturated heterocycles. The number of pyridine rings is 1. The van der Waals surface area contributed by atoms with Crippen LogP contribution in [0.15, 0.2) is 42.6 Å². The number of carboxylic acids is 1. The number of carboxylic acid groups (broad SMARTS) is 1. The van der Waals surface area contributed by atoms with E-state index in [0.717, 1.165) is 48.5 Å². The quantitative estimate of drug-likeness (QED) is 0.461. The van der Waals surface area contributed by atoms with Gasteiger partial charge >= 0.3 is 5.97 Å². The van der Waals surface area contributed by atoms with Crippen LogP contribution in [-0.4, -0.2) is 31.2 Å². The number of nitrogens with one attached hydrogen (secondary N) is 1. The molecular formula is C23H28N4O2. The Kier molecular flexibility index (Phi) is 7.11. The van der Waals surface area contributed by atoms with E-state index in [1.807, 2.05) is 24.3 Å². The van der Waals surface area contributed by atoms with E-state index in [0.29, 0.717) is 5.69 Å². The summed E-state index contributed by atoms with van der Waals surface area (Å²) in [6, 6.07) is 11.1. The van der Waals surface area contributed by atoms with E-state index in [1.165, 1.54) is 12.8 Å². The van der Waals surface area contributed by atoms with E-state index >= 15 is 0 Å². The predicted molar refractivity (Wildman–Crippen MR) is 113 cm³/mol. The predicted octanol–water partition coefficient (Wildman–Crippen LogP) is 5.23. The highest BCUT2D eigenvalue weighted by molar-refractivity contribution is 5.94. The summed E-state index contributed by atoms with van der Waals surface area (Å²) in [7, 11) is 0. The van der Waals surface area contributed by atoms with Gasteiger partial charge in [0.15, 0.2) is 5.82 Å². The Morgan fingerprint density at radius 3 is 2.59 bits per heavy atom. The molecule has 0 radical (unpaired) electrons. The van der Waals surface area contributed by atoms with Crippen LogP contribution >= 0.6 is 0 Å². The second-order valence-corrected chi connectivity index (χ2v) is 7.27. The van der Waals surface area contributed by atoms with E-state index < -0.39 is 5.97 Å². The van der Waals surface area contributed by atoms with Crippen LogP contribution in [0.3, 0.4) is 0 Å². The Hall–Kier alpha value is -3.02. The first-order valence-electron chi connectivity index (χ1n) is 10.3. The molecule has 1 unspecified atom stereocenters. The first-order valence-corrected chi connectivity index (χ1v) is 10.3. The van der Waals surface area contributed by atoms with Crippen molar-refractivity contribution in [3.05, 3.63) is 65.4 Å². The number of aromatic amines is 1. The van der Waals surface area contributed by atoms with Crippen LogP contribution in [0.25, 0.3) is 11.3 Å². The maximum absolute atomic E-state index is 11.5. The minimum absolute atomic E-state index is 0.118. The zero-order valence-electron chi connectivity index (χ0n) is 17.1. The normalized spacial score (nSPS) is 12.1. The number of nitrogens with zero attached hydrogens (tertiary/aromatic N) is 3. The Morgan fingerprint density at radius 1 is 1.10 bits per heavy atom. The van der Waals surface area contributed by atoms with Crippen molar-refractivity contribution in [3.63, 3.8) is 0 Å². The number of hydrogen-bond acceptors (Lipinski definition) is 4. The second-order valence-electron chi connectivity index (χ2n) is 7.27. The molecule has 0 fully saturated rings. The highest BCUT2D eigenvalue weighted by Gasteiger charge is 2.19. The number of rotatable bonds is 10. The SMILES string of the molecule is CCCCCc1nc(C(CCC)c2ccc(-c3ncccc3C(=O)O)cc2)n[nH]1. The molecule has 152 valence electrons. The Bertz CT molecular complexity index is 934. The Morgan fingerprint density at radius 2 is 1.90 bits per heavy atom. The summed E-state index contributed by atoms with van der Waals surface area (Å²) >= 11 is 0. The molecule has 29 heavy (non-hydrogen) atoms. The van der Waals surface area contributed by atoms with E-state index in [2.05, 4.69) is 29.0 Å². The maximum Gasteiger partial charge on any atom is 0.337 e. The van der Waals surface area contributed by atoms with Crippen molar-refractivity contribution in [2.45, 2.75) is 58.3 Å². The summed E-state index contributed by atoms with van der Waals surface area (Å²) in [6.07, 6.45) is 8.02. The molecule has 0 spiro atoms. The third-order valence-corrected chi connectivity index (χ3v) is 5.08. The van der Waals surface area contributed by atoms with Crippen molar-refractivity contribution in [1.29, 1.82) is 0 Å². The third kappa shape index (κ3) is 5.08. The lowest BCUT2D eigenvalue weighted by atomic mass is 9.92.